The molecule has 4 fully saturated rings. The molecule has 0 heterocycles. The summed E-state index contributed by atoms with van der Waals surface area (Å²) < 4.78 is 47.2. The van der Waals surface area contributed by atoms with Gasteiger partial charge in [-0.15, -0.1) is 0 Å². The number of hydrogen-bond donors (Lipinski definition) is 0. The fourth-order valence-electron chi connectivity index (χ4n) is 6.81. The summed E-state index contributed by atoms with van der Waals surface area (Å²) in [6, 6.07) is 6.65. The lowest BCUT2D eigenvalue weighted by atomic mass is 9.41. The third-order valence-corrected chi connectivity index (χ3v) is 10.4. The molecule has 0 aromatic heterocycles. The zero-order valence-electron chi connectivity index (χ0n) is 17.5. The van der Waals surface area contributed by atoms with Crippen molar-refractivity contribution >= 4 is 10.1 Å². The highest BCUT2D eigenvalue weighted by Gasteiger charge is 2.64. The van der Waals surface area contributed by atoms with Gasteiger partial charge in [0.1, 0.15) is 11.4 Å². The number of halogens is 1. The summed E-state index contributed by atoms with van der Waals surface area (Å²) in [5.74, 6) is -0.0976. The van der Waals surface area contributed by atoms with Crippen molar-refractivity contribution < 1.29 is 17.0 Å². The van der Waals surface area contributed by atoms with E-state index in [0.717, 1.165) is 24.8 Å². The molecule has 0 N–H and O–H groups in total. The molecule has 0 radical (unpaired) electrons. The van der Waals surface area contributed by atoms with Crippen LogP contribution in [0.25, 0.3) is 0 Å². The molecule has 0 unspecified atom stereocenters. The molecule has 0 atom stereocenters. The van der Waals surface area contributed by atoms with Gasteiger partial charge in [-0.05, 0) is 100 Å². The van der Waals surface area contributed by atoms with Gasteiger partial charge in [-0.1, -0.05) is 24.6 Å². The number of fused-ring (bicyclic) bond motifs is 5. The van der Waals surface area contributed by atoms with Gasteiger partial charge in [-0.3, -0.25) is 4.18 Å². The highest BCUT2D eigenvalue weighted by molar-refractivity contribution is 7.86. The molecule has 7 rings (SSSR count). The van der Waals surface area contributed by atoms with Crippen molar-refractivity contribution in [3.8, 4) is 0 Å². The first-order chi connectivity index (χ1) is 13.6. The van der Waals surface area contributed by atoms with Gasteiger partial charge in [0.15, 0.2) is 0 Å². The SMILES string of the molecule is Cc1ccc(S(=O)(=O)OC23C=C(F)C(C45CCC(C)(CC4)CC5)(CC2)CC3)cc1. The van der Waals surface area contributed by atoms with Crippen LogP contribution in [-0.2, 0) is 14.3 Å². The van der Waals surface area contributed by atoms with E-state index >= 15 is 4.39 Å². The summed E-state index contributed by atoms with van der Waals surface area (Å²) in [4.78, 5) is 0.145. The highest BCUT2D eigenvalue weighted by Crippen LogP contribution is 2.71. The van der Waals surface area contributed by atoms with E-state index in [0.29, 0.717) is 31.1 Å². The minimum Gasteiger partial charge on any atom is -0.255 e. The molecule has 4 bridgehead atoms. The molecule has 1 aromatic rings. The molecular formula is C24H31FO3S. The second-order valence-electron chi connectivity index (χ2n) is 10.6. The molecule has 6 aliphatic carbocycles. The largest absolute Gasteiger partial charge is 0.297 e. The molecule has 1 aromatic carbocycles. The fourth-order valence-corrected chi connectivity index (χ4v) is 8.02. The Morgan fingerprint density at radius 2 is 1.41 bits per heavy atom. The normalized spacial score (nSPS) is 41.4. The molecule has 0 saturated heterocycles. The predicted octanol–water partition coefficient (Wildman–Crippen LogP) is 6.23. The zero-order valence-corrected chi connectivity index (χ0v) is 18.3. The first-order valence-electron chi connectivity index (χ1n) is 11.0. The maximum atomic E-state index is 15.7. The van der Waals surface area contributed by atoms with Crippen LogP contribution in [0.4, 0.5) is 4.39 Å². The smallest absolute Gasteiger partial charge is 0.255 e. The van der Waals surface area contributed by atoms with E-state index in [2.05, 4.69) is 6.92 Å². The third-order valence-electron chi connectivity index (χ3n) is 9.02. The van der Waals surface area contributed by atoms with Gasteiger partial charge in [-0.25, -0.2) is 4.39 Å². The first-order valence-corrected chi connectivity index (χ1v) is 12.4. The lowest BCUT2D eigenvalue weighted by molar-refractivity contribution is -0.128. The summed E-state index contributed by atoms with van der Waals surface area (Å²) in [6.45, 7) is 4.30. The van der Waals surface area contributed by atoms with E-state index in [1.807, 2.05) is 6.92 Å². The molecular weight excluding hydrogens is 387 g/mol. The quantitative estimate of drug-likeness (QED) is 0.545. The van der Waals surface area contributed by atoms with Gasteiger partial charge in [0, 0.05) is 5.41 Å². The van der Waals surface area contributed by atoms with Crippen LogP contribution < -0.4 is 0 Å². The van der Waals surface area contributed by atoms with E-state index in [9.17, 15) is 8.42 Å². The average molecular weight is 419 g/mol. The van der Waals surface area contributed by atoms with Crippen LogP contribution in [0.1, 0.15) is 76.7 Å². The summed E-state index contributed by atoms with van der Waals surface area (Å²) in [6.07, 6.45) is 11.1. The van der Waals surface area contributed by atoms with E-state index < -0.39 is 21.1 Å². The second-order valence-corrected chi connectivity index (χ2v) is 12.1. The lowest BCUT2D eigenvalue weighted by Gasteiger charge is -2.64. The van der Waals surface area contributed by atoms with E-state index in [1.165, 1.54) is 19.3 Å². The van der Waals surface area contributed by atoms with Crippen LogP contribution in [0, 0.1) is 23.2 Å². The van der Waals surface area contributed by atoms with Crippen LogP contribution in [0.2, 0.25) is 0 Å². The van der Waals surface area contributed by atoms with Crippen LogP contribution in [0.15, 0.2) is 41.1 Å². The third kappa shape index (κ3) is 2.87. The van der Waals surface area contributed by atoms with E-state index in [4.69, 9.17) is 4.18 Å². The maximum absolute atomic E-state index is 15.7. The van der Waals surface area contributed by atoms with Gasteiger partial charge in [0.05, 0.1) is 4.90 Å². The Morgan fingerprint density at radius 3 is 1.93 bits per heavy atom. The molecule has 0 spiro atoms. The van der Waals surface area contributed by atoms with Crippen molar-refractivity contribution in [3.05, 3.63) is 41.7 Å². The Kier molecular flexibility index (Phi) is 4.20. The topological polar surface area (TPSA) is 43.4 Å². The summed E-state index contributed by atoms with van der Waals surface area (Å²) in [5.41, 5.74) is 0.0887. The molecule has 0 amide bonds. The molecule has 0 aliphatic heterocycles. The number of allylic oxidation sites excluding steroid dienone is 1. The highest BCUT2D eigenvalue weighted by atomic mass is 32.2. The predicted molar refractivity (Wildman–Crippen MR) is 111 cm³/mol. The molecule has 158 valence electrons. The Labute approximate surface area is 173 Å². The van der Waals surface area contributed by atoms with Crippen molar-refractivity contribution in [2.75, 3.05) is 0 Å². The van der Waals surface area contributed by atoms with Crippen molar-refractivity contribution in [1.29, 1.82) is 0 Å². The average Bonchev–Trinajstić information content (AvgIpc) is 2.69. The van der Waals surface area contributed by atoms with E-state index in [1.54, 1.807) is 30.3 Å². The van der Waals surface area contributed by atoms with Crippen LogP contribution in [0.3, 0.4) is 0 Å². The Bertz CT molecular complexity index is 928. The lowest BCUT2D eigenvalue weighted by Crippen LogP contribution is -2.57. The molecule has 3 nitrogen and oxygen atoms in total. The number of aryl methyl sites for hydroxylation is 1. The Morgan fingerprint density at radius 1 is 0.862 bits per heavy atom. The van der Waals surface area contributed by atoms with Crippen molar-refractivity contribution in [2.45, 2.75) is 88.6 Å². The van der Waals surface area contributed by atoms with Crippen LogP contribution in [0.5, 0.6) is 0 Å². The summed E-state index contributed by atoms with van der Waals surface area (Å²) >= 11 is 0. The van der Waals surface area contributed by atoms with Crippen LogP contribution >= 0.6 is 0 Å². The Balaban J connectivity index is 1.44. The van der Waals surface area contributed by atoms with Gasteiger partial charge < -0.3 is 0 Å². The molecule has 6 aliphatic rings. The van der Waals surface area contributed by atoms with Crippen molar-refractivity contribution in [1.82, 2.24) is 0 Å². The number of hydrogen-bond acceptors (Lipinski definition) is 3. The van der Waals surface area contributed by atoms with Gasteiger partial charge >= 0.3 is 0 Å². The summed E-state index contributed by atoms with van der Waals surface area (Å²) in [5, 5.41) is 0. The van der Waals surface area contributed by atoms with Crippen LogP contribution in [-0.4, -0.2) is 14.0 Å². The Hall–Kier alpha value is -1.20. The maximum Gasteiger partial charge on any atom is 0.297 e. The molecule has 5 heteroatoms. The summed E-state index contributed by atoms with van der Waals surface area (Å²) in [7, 11) is -3.92. The molecule has 4 saturated carbocycles. The minimum atomic E-state index is -3.92. The van der Waals surface area contributed by atoms with Crippen molar-refractivity contribution in [3.63, 3.8) is 0 Å². The second kappa shape index (κ2) is 6.16. The standard InChI is InChI=1S/C24H31FO3S/c1-18-3-5-19(6-4-18)29(26,27)28-23-13-15-24(16-14-23,20(25)17-23)22-10-7-21(2,8-11-22)9-12-22/h3-6,17H,7-16H2,1-2H3. The van der Waals surface area contributed by atoms with E-state index in [-0.39, 0.29) is 16.1 Å². The van der Waals surface area contributed by atoms with Gasteiger partial charge in [0.2, 0.25) is 0 Å². The van der Waals surface area contributed by atoms with Gasteiger partial charge in [-0.2, -0.15) is 8.42 Å². The number of benzene rings is 1. The number of rotatable bonds is 4. The zero-order chi connectivity index (χ0) is 20.5. The van der Waals surface area contributed by atoms with Crippen molar-refractivity contribution in [2.24, 2.45) is 16.2 Å². The monoisotopic (exact) mass is 418 g/mol. The fraction of sp³-hybridized carbons (Fsp3) is 0.667. The van der Waals surface area contributed by atoms with Gasteiger partial charge in [0.25, 0.3) is 10.1 Å². The minimum absolute atomic E-state index is 0.0632. The molecule has 29 heavy (non-hydrogen) atoms. The first kappa shape index (κ1) is 19.7.